The summed E-state index contributed by atoms with van der Waals surface area (Å²) in [5, 5.41) is 2.43. The van der Waals surface area contributed by atoms with Crippen molar-refractivity contribution >= 4 is 22.9 Å². The highest BCUT2D eigenvalue weighted by molar-refractivity contribution is 6.62. The van der Waals surface area contributed by atoms with Gasteiger partial charge in [-0.15, -0.1) is 0 Å². The predicted octanol–water partition coefficient (Wildman–Crippen LogP) is 0.487. The molecule has 5 nitrogen and oxygen atoms in total. The Morgan fingerprint density at radius 1 is 1.25 bits per heavy atom. The number of amides is 2. The van der Waals surface area contributed by atoms with E-state index in [1.165, 1.54) is 0 Å². The molecule has 1 heterocycles. The van der Waals surface area contributed by atoms with Gasteiger partial charge in [0.15, 0.2) is 0 Å². The Hall–Kier alpha value is -0.810. The van der Waals surface area contributed by atoms with Crippen molar-refractivity contribution in [3.8, 4) is 0 Å². The minimum Gasteiger partial charge on any atom is -0.353 e. The van der Waals surface area contributed by atoms with Crippen LogP contribution in [0.15, 0.2) is 0 Å². The zero-order valence-electron chi connectivity index (χ0n) is 9.70. The molecule has 0 unspecified atom stereocenters. The maximum Gasteiger partial charge on any atom is 0.316 e. The van der Waals surface area contributed by atoms with Crippen molar-refractivity contribution in [2.24, 2.45) is 0 Å². The van der Waals surface area contributed by atoms with E-state index in [9.17, 15) is 9.59 Å². The standard InChI is InChI=1S/C10H18ClN3O2/c1-8(2)12-9(15)7-13-3-5-14(6-4-13)10(11)16/h8H,3-7H2,1-2H3,(H,12,15). The van der Waals surface area contributed by atoms with Gasteiger partial charge in [-0.25, -0.2) is 0 Å². The third-order valence-electron chi connectivity index (χ3n) is 2.44. The summed E-state index contributed by atoms with van der Waals surface area (Å²) >= 11 is 5.37. The summed E-state index contributed by atoms with van der Waals surface area (Å²) in [6.45, 7) is 6.84. The quantitative estimate of drug-likeness (QED) is 0.583. The number of piperazine rings is 1. The molecule has 0 atom stereocenters. The van der Waals surface area contributed by atoms with Gasteiger partial charge in [-0.3, -0.25) is 14.5 Å². The van der Waals surface area contributed by atoms with Crippen LogP contribution in [0.2, 0.25) is 0 Å². The molecule has 1 aliphatic rings. The van der Waals surface area contributed by atoms with Crippen molar-refractivity contribution in [2.45, 2.75) is 19.9 Å². The number of carbonyl (C=O) groups is 2. The fraction of sp³-hybridized carbons (Fsp3) is 0.800. The van der Waals surface area contributed by atoms with E-state index >= 15 is 0 Å². The topological polar surface area (TPSA) is 52.7 Å². The highest BCUT2D eigenvalue weighted by atomic mass is 35.5. The van der Waals surface area contributed by atoms with Crippen LogP contribution in [0.5, 0.6) is 0 Å². The van der Waals surface area contributed by atoms with E-state index in [0.29, 0.717) is 32.7 Å². The predicted molar refractivity (Wildman–Crippen MR) is 62.5 cm³/mol. The molecule has 0 aromatic rings. The number of hydrogen-bond donors (Lipinski definition) is 1. The Bertz CT molecular complexity index is 263. The first kappa shape index (κ1) is 13.3. The van der Waals surface area contributed by atoms with Crippen molar-refractivity contribution in [2.75, 3.05) is 32.7 Å². The zero-order chi connectivity index (χ0) is 12.1. The Morgan fingerprint density at radius 2 is 1.81 bits per heavy atom. The summed E-state index contributed by atoms with van der Waals surface area (Å²) in [4.78, 5) is 25.9. The molecule has 1 aliphatic heterocycles. The molecule has 16 heavy (non-hydrogen) atoms. The summed E-state index contributed by atoms with van der Waals surface area (Å²) in [5.74, 6) is 0.0284. The maximum atomic E-state index is 11.5. The average Bonchev–Trinajstić information content (AvgIpc) is 2.16. The second kappa shape index (κ2) is 6.06. The van der Waals surface area contributed by atoms with Crippen molar-refractivity contribution in [1.82, 2.24) is 15.1 Å². The molecular formula is C10H18ClN3O2. The van der Waals surface area contributed by atoms with Crippen molar-refractivity contribution < 1.29 is 9.59 Å². The SMILES string of the molecule is CC(C)NC(=O)CN1CCN(C(=O)Cl)CC1. The first-order valence-corrected chi connectivity index (χ1v) is 5.83. The van der Waals surface area contributed by atoms with E-state index in [-0.39, 0.29) is 11.9 Å². The summed E-state index contributed by atoms with van der Waals surface area (Å²) < 4.78 is 0. The number of carbonyl (C=O) groups excluding carboxylic acids is 2. The fourth-order valence-corrected chi connectivity index (χ4v) is 1.82. The minimum absolute atomic E-state index is 0.0284. The van der Waals surface area contributed by atoms with Crippen LogP contribution in [-0.2, 0) is 4.79 Å². The first-order valence-electron chi connectivity index (χ1n) is 5.45. The van der Waals surface area contributed by atoms with Crippen LogP contribution in [-0.4, -0.2) is 59.8 Å². The van der Waals surface area contributed by atoms with Gasteiger partial charge in [0.25, 0.3) is 0 Å². The lowest BCUT2D eigenvalue weighted by Gasteiger charge is -2.33. The molecule has 1 fully saturated rings. The lowest BCUT2D eigenvalue weighted by Crippen LogP contribution is -2.50. The number of rotatable bonds is 3. The molecule has 0 radical (unpaired) electrons. The lowest BCUT2D eigenvalue weighted by molar-refractivity contribution is -0.123. The largest absolute Gasteiger partial charge is 0.353 e. The molecule has 0 aromatic heterocycles. The smallest absolute Gasteiger partial charge is 0.316 e. The van der Waals surface area contributed by atoms with E-state index in [2.05, 4.69) is 5.32 Å². The van der Waals surface area contributed by atoms with Gasteiger partial charge in [0.2, 0.25) is 5.91 Å². The number of nitrogens with zero attached hydrogens (tertiary/aromatic N) is 2. The van der Waals surface area contributed by atoms with Gasteiger partial charge in [0.05, 0.1) is 6.54 Å². The minimum atomic E-state index is -0.411. The average molecular weight is 248 g/mol. The zero-order valence-corrected chi connectivity index (χ0v) is 10.5. The van der Waals surface area contributed by atoms with E-state index < -0.39 is 5.37 Å². The molecule has 0 saturated carbocycles. The van der Waals surface area contributed by atoms with Gasteiger partial charge < -0.3 is 10.2 Å². The first-order chi connectivity index (χ1) is 7.49. The summed E-state index contributed by atoms with van der Waals surface area (Å²) in [6.07, 6.45) is 0. The molecule has 6 heteroatoms. The Balaban J connectivity index is 2.26. The highest BCUT2D eigenvalue weighted by Gasteiger charge is 2.21. The molecule has 1 rings (SSSR count). The summed E-state index contributed by atoms with van der Waals surface area (Å²) in [5.41, 5.74) is 0. The second-order valence-corrected chi connectivity index (χ2v) is 4.56. The Labute approximate surface area is 101 Å². The van der Waals surface area contributed by atoms with E-state index in [1.807, 2.05) is 18.7 Å². The van der Waals surface area contributed by atoms with Crippen LogP contribution in [0.25, 0.3) is 0 Å². The molecule has 2 amide bonds. The molecule has 0 spiro atoms. The van der Waals surface area contributed by atoms with Gasteiger partial charge >= 0.3 is 5.37 Å². The molecule has 1 N–H and O–H groups in total. The lowest BCUT2D eigenvalue weighted by atomic mass is 10.3. The third kappa shape index (κ3) is 4.37. The molecule has 0 aromatic carbocycles. The number of halogens is 1. The van der Waals surface area contributed by atoms with Gasteiger partial charge in [-0.2, -0.15) is 0 Å². The van der Waals surface area contributed by atoms with Gasteiger partial charge in [-0.1, -0.05) is 0 Å². The van der Waals surface area contributed by atoms with Crippen LogP contribution in [0, 0.1) is 0 Å². The molecule has 1 saturated heterocycles. The van der Waals surface area contributed by atoms with Crippen LogP contribution < -0.4 is 5.32 Å². The van der Waals surface area contributed by atoms with E-state index in [0.717, 1.165) is 0 Å². The fourth-order valence-electron chi connectivity index (χ4n) is 1.65. The Kier molecular flexibility index (Phi) is 5.02. The van der Waals surface area contributed by atoms with Crippen LogP contribution in [0.1, 0.15) is 13.8 Å². The van der Waals surface area contributed by atoms with Crippen LogP contribution >= 0.6 is 11.6 Å². The van der Waals surface area contributed by atoms with Gasteiger partial charge in [0.1, 0.15) is 0 Å². The number of hydrogen-bond acceptors (Lipinski definition) is 3. The third-order valence-corrected chi connectivity index (χ3v) is 2.68. The molecular weight excluding hydrogens is 230 g/mol. The van der Waals surface area contributed by atoms with Gasteiger partial charge in [0, 0.05) is 32.2 Å². The molecule has 0 bridgehead atoms. The van der Waals surface area contributed by atoms with Crippen LogP contribution in [0.3, 0.4) is 0 Å². The van der Waals surface area contributed by atoms with Crippen molar-refractivity contribution in [1.29, 1.82) is 0 Å². The Morgan fingerprint density at radius 3 is 2.25 bits per heavy atom. The van der Waals surface area contributed by atoms with Crippen molar-refractivity contribution in [3.63, 3.8) is 0 Å². The highest BCUT2D eigenvalue weighted by Crippen LogP contribution is 2.04. The van der Waals surface area contributed by atoms with Crippen molar-refractivity contribution in [3.05, 3.63) is 0 Å². The molecule has 0 aliphatic carbocycles. The maximum absolute atomic E-state index is 11.5. The van der Waals surface area contributed by atoms with Gasteiger partial charge in [-0.05, 0) is 25.4 Å². The molecule has 92 valence electrons. The normalized spacial score (nSPS) is 17.6. The second-order valence-electron chi connectivity index (χ2n) is 4.24. The van der Waals surface area contributed by atoms with E-state index in [4.69, 9.17) is 11.6 Å². The van der Waals surface area contributed by atoms with Crippen LogP contribution in [0.4, 0.5) is 4.79 Å². The monoisotopic (exact) mass is 247 g/mol. The number of nitrogens with one attached hydrogen (secondary N) is 1. The summed E-state index contributed by atoms with van der Waals surface area (Å²) in [7, 11) is 0. The summed E-state index contributed by atoms with van der Waals surface area (Å²) in [6, 6.07) is 0.165. The van der Waals surface area contributed by atoms with E-state index in [1.54, 1.807) is 4.90 Å².